The number of rotatable bonds is 4. The van der Waals surface area contributed by atoms with Crippen molar-refractivity contribution in [3.63, 3.8) is 0 Å². The van der Waals surface area contributed by atoms with Crippen LogP contribution in [0.1, 0.15) is 60.4 Å². The highest BCUT2D eigenvalue weighted by Crippen LogP contribution is 2.27. The minimum Gasteiger partial charge on any atom is -0.469 e. The van der Waals surface area contributed by atoms with Crippen LogP contribution in [0.3, 0.4) is 0 Å². The Labute approximate surface area is 161 Å². The molecule has 0 atom stereocenters. The minimum absolute atomic E-state index is 0. The van der Waals surface area contributed by atoms with Crippen molar-refractivity contribution in [1.82, 2.24) is 10.6 Å². The lowest BCUT2D eigenvalue weighted by atomic mass is 9.86. The van der Waals surface area contributed by atoms with Gasteiger partial charge in [-0.15, -0.1) is 12.4 Å². The number of hydrogen-bond acceptors (Lipinski definition) is 4. The second-order valence-corrected chi connectivity index (χ2v) is 7.19. The molecule has 0 unspecified atom stereocenters. The summed E-state index contributed by atoms with van der Waals surface area (Å²) in [6, 6.07) is 8.22. The predicted octanol–water partition coefficient (Wildman–Crippen LogP) is 3.04. The van der Waals surface area contributed by atoms with Crippen molar-refractivity contribution < 1.29 is 14.3 Å². The summed E-state index contributed by atoms with van der Waals surface area (Å²) in [5.74, 6) is 0.450. The van der Waals surface area contributed by atoms with Gasteiger partial charge < -0.3 is 15.4 Å². The van der Waals surface area contributed by atoms with E-state index >= 15 is 0 Å². The highest BCUT2D eigenvalue weighted by molar-refractivity contribution is 5.94. The van der Waals surface area contributed by atoms with Crippen LogP contribution in [-0.2, 0) is 9.53 Å². The summed E-state index contributed by atoms with van der Waals surface area (Å²) in [5, 5.41) is 6.49. The third kappa shape index (κ3) is 5.21. The molecular formula is C20H29ClN2O3. The first-order chi connectivity index (χ1) is 12.2. The van der Waals surface area contributed by atoms with Gasteiger partial charge in [-0.3, -0.25) is 9.59 Å². The van der Waals surface area contributed by atoms with E-state index in [4.69, 9.17) is 4.74 Å². The van der Waals surface area contributed by atoms with Crippen LogP contribution in [0.4, 0.5) is 0 Å². The van der Waals surface area contributed by atoms with Crippen LogP contribution < -0.4 is 10.6 Å². The Hall–Kier alpha value is -1.59. The number of nitrogens with one attached hydrogen (secondary N) is 2. The molecule has 3 rings (SSSR count). The van der Waals surface area contributed by atoms with Gasteiger partial charge in [-0.25, -0.2) is 0 Å². The monoisotopic (exact) mass is 380 g/mol. The van der Waals surface area contributed by atoms with Crippen molar-refractivity contribution in [2.75, 3.05) is 20.2 Å². The molecule has 1 saturated carbocycles. The van der Waals surface area contributed by atoms with Gasteiger partial charge in [0.05, 0.1) is 13.0 Å². The first-order valence-corrected chi connectivity index (χ1v) is 9.36. The Morgan fingerprint density at radius 1 is 1.00 bits per heavy atom. The maximum atomic E-state index is 12.5. The quantitative estimate of drug-likeness (QED) is 0.788. The zero-order chi connectivity index (χ0) is 17.6. The van der Waals surface area contributed by atoms with Crippen molar-refractivity contribution in [3.05, 3.63) is 35.4 Å². The summed E-state index contributed by atoms with van der Waals surface area (Å²) >= 11 is 0. The van der Waals surface area contributed by atoms with Crippen molar-refractivity contribution >= 4 is 24.3 Å². The normalized spacial score (nSPS) is 23.6. The fourth-order valence-electron chi connectivity index (χ4n) is 3.97. The number of ether oxygens (including phenoxy) is 1. The number of methoxy groups -OCH3 is 1. The van der Waals surface area contributed by atoms with Crippen LogP contribution in [0.5, 0.6) is 0 Å². The fraction of sp³-hybridized carbons (Fsp3) is 0.600. The number of benzene rings is 1. The SMILES string of the molecule is COC(=O)C1CCC(NC(=O)c2ccc(C3CCNCC3)cc2)CC1.Cl. The van der Waals surface area contributed by atoms with Gasteiger partial charge in [-0.1, -0.05) is 12.1 Å². The molecule has 5 nitrogen and oxygen atoms in total. The van der Waals surface area contributed by atoms with Gasteiger partial charge in [0.2, 0.25) is 0 Å². The van der Waals surface area contributed by atoms with Gasteiger partial charge >= 0.3 is 5.97 Å². The van der Waals surface area contributed by atoms with Crippen LogP contribution in [0.2, 0.25) is 0 Å². The molecule has 1 saturated heterocycles. The minimum atomic E-state index is -0.127. The van der Waals surface area contributed by atoms with E-state index in [1.165, 1.54) is 12.7 Å². The van der Waals surface area contributed by atoms with Crippen LogP contribution in [0.25, 0.3) is 0 Å². The summed E-state index contributed by atoms with van der Waals surface area (Å²) in [6.45, 7) is 2.14. The average Bonchev–Trinajstić information content (AvgIpc) is 2.68. The van der Waals surface area contributed by atoms with Gasteiger partial charge in [-0.2, -0.15) is 0 Å². The molecule has 6 heteroatoms. The van der Waals surface area contributed by atoms with E-state index in [2.05, 4.69) is 22.8 Å². The molecular weight excluding hydrogens is 352 g/mol. The summed E-state index contributed by atoms with van der Waals surface area (Å²) < 4.78 is 4.81. The van der Waals surface area contributed by atoms with E-state index in [0.29, 0.717) is 11.5 Å². The largest absolute Gasteiger partial charge is 0.469 e. The summed E-state index contributed by atoms with van der Waals surface area (Å²) in [5.41, 5.74) is 2.05. The van der Waals surface area contributed by atoms with Crippen molar-refractivity contribution in [1.29, 1.82) is 0 Å². The second kappa shape index (κ2) is 9.93. The number of hydrogen-bond donors (Lipinski definition) is 2. The number of carbonyl (C=O) groups excluding carboxylic acids is 2. The zero-order valence-corrected chi connectivity index (χ0v) is 16.1. The number of esters is 1. The first-order valence-electron chi connectivity index (χ1n) is 9.36. The van der Waals surface area contributed by atoms with Gasteiger partial charge in [0.15, 0.2) is 0 Å². The van der Waals surface area contributed by atoms with E-state index < -0.39 is 0 Å². The molecule has 2 aliphatic rings. The molecule has 1 aromatic carbocycles. The van der Waals surface area contributed by atoms with E-state index in [0.717, 1.165) is 51.6 Å². The number of piperidine rings is 1. The molecule has 1 amide bonds. The molecule has 0 radical (unpaired) electrons. The lowest BCUT2D eigenvalue weighted by Gasteiger charge is -2.27. The van der Waals surface area contributed by atoms with Gasteiger partial charge in [-0.05, 0) is 75.2 Å². The highest BCUT2D eigenvalue weighted by atomic mass is 35.5. The highest BCUT2D eigenvalue weighted by Gasteiger charge is 2.27. The van der Waals surface area contributed by atoms with Crippen LogP contribution in [0, 0.1) is 5.92 Å². The van der Waals surface area contributed by atoms with E-state index in [1.54, 1.807) is 0 Å². The van der Waals surface area contributed by atoms with Crippen molar-refractivity contribution in [3.8, 4) is 0 Å². The Bertz CT molecular complexity index is 592. The molecule has 1 heterocycles. The summed E-state index contributed by atoms with van der Waals surface area (Å²) in [7, 11) is 1.43. The zero-order valence-electron chi connectivity index (χ0n) is 15.3. The molecule has 144 valence electrons. The molecule has 0 spiro atoms. The van der Waals surface area contributed by atoms with Crippen LogP contribution >= 0.6 is 12.4 Å². The van der Waals surface area contributed by atoms with Gasteiger partial charge in [0.1, 0.15) is 0 Å². The Balaban J connectivity index is 0.00000243. The van der Waals surface area contributed by atoms with E-state index in [-0.39, 0.29) is 36.2 Å². The Morgan fingerprint density at radius 2 is 1.62 bits per heavy atom. The second-order valence-electron chi connectivity index (χ2n) is 7.19. The van der Waals surface area contributed by atoms with E-state index in [9.17, 15) is 9.59 Å². The number of carbonyl (C=O) groups is 2. The molecule has 1 aliphatic carbocycles. The van der Waals surface area contributed by atoms with Gasteiger partial charge in [0.25, 0.3) is 5.91 Å². The summed E-state index contributed by atoms with van der Waals surface area (Å²) in [6.07, 6.45) is 5.56. The first kappa shape index (κ1) is 20.7. The standard InChI is InChI=1S/C20H28N2O3.ClH/c1-25-20(24)17-6-8-18(9-7-17)22-19(23)16-4-2-14(3-5-16)15-10-12-21-13-11-15;/h2-5,15,17-18,21H,6-13H2,1H3,(H,22,23);1H. The van der Waals surface area contributed by atoms with Crippen LogP contribution in [0.15, 0.2) is 24.3 Å². The lowest BCUT2D eigenvalue weighted by Crippen LogP contribution is -2.38. The van der Waals surface area contributed by atoms with Crippen LogP contribution in [-0.4, -0.2) is 38.1 Å². The lowest BCUT2D eigenvalue weighted by molar-refractivity contribution is -0.146. The fourth-order valence-corrected chi connectivity index (χ4v) is 3.97. The average molecular weight is 381 g/mol. The maximum Gasteiger partial charge on any atom is 0.308 e. The molecule has 1 aromatic rings. The third-order valence-electron chi connectivity index (χ3n) is 5.58. The molecule has 1 aliphatic heterocycles. The molecule has 2 N–H and O–H groups in total. The Morgan fingerprint density at radius 3 is 2.19 bits per heavy atom. The maximum absolute atomic E-state index is 12.5. The molecule has 0 aromatic heterocycles. The van der Waals surface area contributed by atoms with Crippen molar-refractivity contribution in [2.45, 2.75) is 50.5 Å². The van der Waals surface area contributed by atoms with Crippen molar-refractivity contribution in [2.24, 2.45) is 5.92 Å². The third-order valence-corrected chi connectivity index (χ3v) is 5.58. The molecule has 0 bridgehead atoms. The molecule has 26 heavy (non-hydrogen) atoms. The molecule has 2 fully saturated rings. The summed E-state index contributed by atoms with van der Waals surface area (Å²) in [4.78, 5) is 24.0. The predicted molar refractivity (Wildman–Crippen MR) is 104 cm³/mol. The van der Waals surface area contributed by atoms with E-state index in [1.807, 2.05) is 12.1 Å². The number of amides is 1. The Kier molecular flexibility index (Phi) is 7.91. The number of halogens is 1. The smallest absolute Gasteiger partial charge is 0.308 e. The topological polar surface area (TPSA) is 67.4 Å². The van der Waals surface area contributed by atoms with Gasteiger partial charge in [0, 0.05) is 11.6 Å².